The van der Waals surface area contributed by atoms with Crippen molar-refractivity contribution in [3.8, 4) is 5.75 Å². The Morgan fingerprint density at radius 2 is 1.89 bits per heavy atom. The third-order valence-corrected chi connectivity index (χ3v) is 5.90. The smallest absolute Gasteiger partial charge is 0.174 e. The van der Waals surface area contributed by atoms with Crippen molar-refractivity contribution in [1.29, 1.82) is 0 Å². The van der Waals surface area contributed by atoms with Crippen molar-refractivity contribution >= 4 is 32.9 Å². The predicted octanol–water partition coefficient (Wildman–Crippen LogP) is 3.60. The standard InChI is InChI=1S/C20H22N2O3S2/c1-2-25-19-10-8-17(9-11-19)21-20(26)22(14-16-6-4-3-5-7-16)18-12-13-27(23,24)15-18/h3-13,18H,2,14-15H2,1H3,(H,21,26)/t18-/m0/s1. The van der Waals surface area contributed by atoms with Gasteiger partial charge in [-0.2, -0.15) is 0 Å². The van der Waals surface area contributed by atoms with Crippen LogP contribution in [0.15, 0.2) is 66.1 Å². The molecule has 0 saturated carbocycles. The molecule has 27 heavy (non-hydrogen) atoms. The molecule has 3 rings (SSSR count). The molecule has 1 N–H and O–H groups in total. The van der Waals surface area contributed by atoms with Crippen LogP contribution in [0.5, 0.6) is 5.75 Å². The van der Waals surface area contributed by atoms with Gasteiger partial charge in [-0.15, -0.1) is 0 Å². The van der Waals surface area contributed by atoms with Crippen LogP contribution in [0.2, 0.25) is 0 Å². The molecule has 1 heterocycles. The van der Waals surface area contributed by atoms with Crippen LogP contribution in [0.4, 0.5) is 5.69 Å². The van der Waals surface area contributed by atoms with Gasteiger partial charge in [-0.3, -0.25) is 0 Å². The maximum atomic E-state index is 11.9. The van der Waals surface area contributed by atoms with Crippen LogP contribution in [0.25, 0.3) is 0 Å². The first-order chi connectivity index (χ1) is 13.0. The molecule has 1 aliphatic heterocycles. The Kier molecular flexibility index (Phi) is 6.13. The number of benzene rings is 2. The van der Waals surface area contributed by atoms with E-state index in [4.69, 9.17) is 17.0 Å². The fraction of sp³-hybridized carbons (Fsp3) is 0.250. The highest BCUT2D eigenvalue weighted by Crippen LogP contribution is 2.21. The Morgan fingerprint density at radius 1 is 1.19 bits per heavy atom. The first-order valence-electron chi connectivity index (χ1n) is 8.72. The van der Waals surface area contributed by atoms with Crippen LogP contribution in [0.1, 0.15) is 12.5 Å². The van der Waals surface area contributed by atoms with E-state index in [1.807, 2.05) is 66.4 Å². The molecule has 0 spiro atoms. The van der Waals surface area contributed by atoms with Crippen LogP contribution in [-0.2, 0) is 16.4 Å². The second-order valence-corrected chi connectivity index (χ2v) is 8.54. The van der Waals surface area contributed by atoms with Crippen LogP contribution in [-0.4, -0.2) is 36.8 Å². The van der Waals surface area contributed by atoms with Gasteiger partial charge >= 0.3 is 0 Å². The topological polar surface area (TPSA) is 58.6 Å². The molecule has 1 aliphatic rings. The Bertz CT molecular complexity index is 910. The van der Waals surface area contributed by atoms with Gasteiger partial charge in [0.15, 0.2) is 14.9 Å². The van der Waals surface area contributed by atoms with E-state index >= 15 is 0 Å². The summed E-state index contributed by atoms with van der Waals surface area (Å²) < 4.78 is 29.2. The molecule has 142 valence electrons. The van der Waals surface area contributed by atoms with E-state index in [1.54, 1.807) is 6.08 Å². The first-order valence-corrected chi connectivity index (χ1v) is 10.8. The highest BCUT2D eigenvalue weighted by atomic mass is 32.2. The molecule has 5 nitrogen and oxygen atoms in total. The maximum Gasteiger partial charge on any atom is 0.174 e. The number of hydrogen-bond donors (Lipinski definition) is 1. The molecule has 0 bridgehead atoms. The van der Waals surface area contributed by atoms with E-state index < -0.39 is 9.84 Å². The molecule has 0 unspecified atom stereocenters. The number of sulfone groups is 1. The van der Waals surface area contributed by atoms with Crippen LogP contribution in [0.3, 0.4) is 0 Å². The fourth-order valence-electron chi connectivity index (χ4n) is 2.87. The molecule has 0 aliphatic carbocycles. The lowest BCUT2D eigenvalue weighted by molar-refractivity contribution is 0.340. The van der Waals surface area contributed by atoms with Crippen molar-refractivity contribution in [3.63, 3.8) is 0 Å². The van der Waals surface area contributed by atoms with Crippen molar-refractivity contribution in [2.75, 3.05) is 17.7 Å². The van der Waals surface area contributed by atoms with E-state index in [9.17, 15) is 8.42 Å². The molecule has 0 fully saturated rings. The van der Waals surface area contributed by atoms with Crippen molar-refractivity contribution < 1.29 is 13.2 Å². The summed E-state index contributed by atoms with van der Waals surface area (Å²) in [5.74, 6) is 0.824. The number of rotatable bonds is 6. The number of ether oxygens (including phenoxy) is 1. The average Bonchev–Trinajstić information content (AvgIpc) is 3.02. The molecular formula is C20H22N2O3S2. The van der Waals surface area contributed by atoms with Crippen LogP contribution in [0, 0.1) is 0 Å². The van der Waals surface area contributed by atoms with Gasteiger partial charge in [-0.1, -0.05) is 30.3 Å². The zero-order valence-electron chi connectivity index (χ0n) is 15.0. The lowest BCUT2D eigenvalue weighted by atomic mass is 10.2. The molecule has 2 aromatic rings. The minimum Gasteiger partial charge on any atom is -0.494 e. The zero-order valence-corrected chi connectivity index (χ0v) is 16.7. The molecule has 1 atom stereocenters. The van der Waals surface area contributed by atoms with Gasteiger partial charge in [-0.25, -0.2) is 8.42 Å². The van der Waals surface area contributed by atoms with E-state index in [0.717, 1.165) is 17.0 Å². The predicted molar refractivity (Wildman–Crippen MR) is 113 cm³/mol. The normalized spacial score (nSPS) is 17.4. The highest BCUT2D eigenvalue weighted by molar-refractivity contribution is 7.94. The summed E-state index contributed by atoms with van der Waals surface area (Å²) in [5.41, 5.74) is 1.89. The van der Waals surface area contributed by atoms with Gasteiger partial charge in [0, 0.05) is 17.6 Å². The first kappa shape index (κ1) is 19.4. The minimum atomic E-state index is -3.18. The van der Waals surface area contributed by atoms with Gasteiger partial charge in [0.2, 0.25) is 0 Å². The second-order valence-electron chi connectivity index (χ2n) is 6.23. The van der Waals surface area contributed by atoms with Gasteiger partial charge in [0.25, 0.3) is 0 Å². The Morgan fingerprint density at radius 3 is 2.48 bits per heavy atom. The third-order valence-electron chi connectivity index (χ3n) is 4.18. The monoisotopic (exact) mass is 402 g/mol. The molecule has 7 heteroatoms. The molecular weight excluding hydrogens is 380 g/mol. The summed E-state index contributed by atoms with van der Waals surface area (Å²) >= 11 is 5.61. The number of anilines is 1. The molecule has 0 amide bonds. The van der Waals surface area contributed by atoms with E-state index in [2.05, 4.69) is 5.32 Å². The van der Waals surface area contributed by atoms with Crippen molar-refractivity contribution in [2.45, 2.75) is 19.5 Å². The zero-order chi connectivity index (χ0) is 19.3. The van der Waals surface area contributed by atoms with Crippen molar-refractivity contribution in [3.05, 3.63) is 71.6 Å². The molecule has 2 aromatic carbocycles. The summed E-state index contributed by atoms with van der Waals surface area (Å²) in [6.45, 7) is 3.07. The van der Waals surface area contributed by atoms with E-state index in [1.165, 1.54) is 5.41 Å². The Hall–Kier alpha value is -2.38. The summed E-state index contributed by atoms with van der Waals surface area (Å²) in [6.07, 6.45) is 1.70. The van der Waals surface area contributed by atoms with Gasteiger partial charge < -0.3 is 15.0 Å². The largest absolute Gasteiger partial charge is 0.494 e. The minimum absolute atomic E-state index is 0.0327. The maximum absolute atomic E-state index is 11.9. The van der Waals surface area contributed by atoms with Crippen molar-refractivity contribution in [1.82, 2.24) is 4.90 Å². The summed E-state index contributed by atoms with van der Waals surface area (Å²) in [5, 5.41) is 4.96. The number of hydrogen-bond acceptors (Lipinski definition) is 4. The summed E-state index contributed by atoms with van der Waals surface area (Å²) in [7, 11) is -3.18. The second kappa shape index (κ2) is 8.54. The van der Waals surface area contributed by atoms with Crippen molar-refractivity contribution in [2.24, 2.45) is 0 Å². The lowest BCUT2D eigenvalue weighted by Gasteiger charge is -2.30. The number of thiocarbonyl (C=S) groups is 1. The van der Waals surface area contributed by atoms with Crippen LogP contribution < -0.4 is 10.1 Å². The molecule has 0 aromatic heterocycles. The van der Waals surface area contributed by atoms with Gasteiger partial charge in [0.05, 0.1) is 18.4 Å². The Labute approximate surface area is 165 Å². The lowest BCUT2D eigenvalue weighted by Crippen LogP contribution is -2.42. The summed E-state index contributed by atoms with van der Waals surface area (Å²) in [4.78, 5) is 1.90. The van der Waals surface area contributed by atoms with Gasteiger partial charge in [0.1, 0.15) is 5.75 Å². The number of nitrogens with zero attached hydrogens (tertiary/aromatic N) is 1. The Balaban J connectivity index is 1.77. The summed E-state index contributed by atoms with van der Waals surface area (Å²) in [6, 6.07) is 17.1. The molecule has 0 radical (unpaired) electrons. The SMILES string of the molecule is CCOc1ccc(NC(=S)N(Cc2ccccc2)[C@H]2C=CS(=O)(=O)C2)cc1. The average molecular weight is 403 g/mol. The van der Waals surface area contributed by atoms with Crippen LogP contribution >= 0.6 is 12.2 Å². The highest BCUT2D eigenvalue weighted by Gasteiger charge is 2.28. The quantitative estimate of drug-likeness (QED) is 0.745. The number of nitrogens with one attached hydrogen (secondary N) is 1. The van der Waals surface area contributed by atoms with E-state index in [0.29, 0.717) is 18.3 Å². The van der Waals surface area contributed by atoms with E-state index in [-0.39, 0.29) is 11.8 Å². The third kappa shape index (κ3) is 5.30. The fourth-order valence-corrected chi connectivity index (χ4v) is 4.49. The molecule has 0 saturated heterocycles. The van der Waals surface area contributed by atoms with Gasteiger partial charge in [-0.05, 0) is 55.0 Å².